The average Bonchev–Trinajstić information content (AvgIpc) is 2.94. The summed E-state index contributed by atoms with van der Waals surface area (Å²) in [4.78, 5) is 24.4. The van der Waals surface area contributed by atoms with E-state index in [2.05, 4.69) is 19.1 Å². The number of hydrogen-bond donors (Lipinski definition) is 3. The van der Waals surface area contributed by atoms with Crippen LogP contribution < -0.4 is 0 Å². The molecule has 8 aliphatic rings. The molecule has 2 aromatic rings. The minimum absolute atomic E-state index is 0. The summed E-state index contributed by atoms with van der Waals surface area (Å²) in [7, 11) is 1.51. The Morgan fingerprint density at radius 3 is 1.42 bits per heavy atom. The largest absolute Gasteiger partial charge is 0.508 e. The van der Waals surface area contributed by atoms with Gasteiger partial charge in [-0.15, -0.1) is 0 Å². The van der Waals surface area contributed by atoms with Gasteiger partial charge < -0.3 is 20.1 Å². The van der Waals surface area contributed by atoms with Gasteiger partial charge in [0.1, 0.15) is 11.5 Å². The molecule has 0 heterocycles. The van der Waals surface area contributed by atoms with Crippen LogP contribution >= 0.6 is 0 Å². The molecule has 4 unspecified atom stereocenters. The fourth-order valence-corrected chi connectivity index (χ4v) is 12.0. The molecule has 0 saturated heterocycles. The predicted octanol–water partition coefficient (Wildman–Crippen LogP) is 8.61. The van der Waals surface area contributed by atoms with Gasteiger partial charge in [-0.05, 0) is 127 Å². The third kappa shape index (κ3) is 5.24. The normalized spacial score (nSPS) is 37.9. The number of methoxy groups -OCH3 is 1. The molecule has 2 aromatic carbocycles. The van der Waals surface area contributed by atoms with Crippen molar-refractivity contribution in [3.8, 4) is 11.5 Å². The number of rotatable bonds is 4. The van der Waals surface area contributed by atoms with Crippen molar-refractivity contribution in [1.29, 1.82) is 0 Å². The van der Waals surface area contributed by atoms with Crippen LogP contribution in [0.4, 0.5) is 0 Å². The van der Waals surface area contributed by atoms with Crippen LogP contribution in [0.5, 0.6) is 11.5 Å². The van der Waals surface area contributed by atoms with Crippen molar-refractivity contribution in [3.63, 3.8) is 0 Å². The van der Waals surface area contributed by atoms with Crippen LogP contribution in [0.2, 0.25) is 0 Å². The lowest BCUT2D eigenvalue weighted by Crippen LogP contribution is -2.57. The van der Waals surface area contributed by atoms with Gasteiger partial charge in [-0.2, -0.15) is 0 Å². The van der Waals surface area contributed by atoms with E-state index in [1.165, 1.54) is 25.5 Å². The third-order valence-electron chi connectivity index (χ3n) is 12.6. The van der Waals surface area contributed by atoms with Crippen molar-refractivity contribution in [1.82, 2.24) is 0 Å². The maximum atomic E-state index is 12.5. The van der Waals surface area contributed by atoms with Gasteiger partial charge >= 0.3 is 11.9 Å². The van der Waals surface area contributed by atoms with Crippen molar-refractivity contribution in [3.05, 3.63) is 58.7 Å². The lowest BCUT2D eigenvalue weighted by atomic mass is 9.43. The zero-order valence-electron chi connectivity index (χ0n) is 25.8. The second-order valence-electron chi connectivity index (χ2n) is 15.9. The zero-order chi connectivity index (χ0) is 30.4. The number of carboxylic acid groups (broad SMARTS) is 1. The second-order valence-corrected chi connectivity index (χ2v) is 15.9. The Kier molecular flexibility index (Phi) is 8.41. The van der Waals surface area contributed by atoms with Crippen molar-refractivity contribution in [2.24, 2.45) is 34.5 Å². The van der Waals surface area contributed by atoms with E-state index >= 15 is 0 Å². The Hall–Kier alpha value is -3.02. The van der Waals surface area contributed by atoms with E-state index < -0.39 is 11.4 Å². The number of carbonyl (C=O) groups excluding carboxylic acids is 1. The summed E-state index contributed by atoms with van der Waals surface area (Å²) < 4.78 is 5.17. The van der Waals surface area contributed by atoms with E-state index in [4.69, 9.17) is 4.74 Å². The predicted molar refractivity (Wildman–Crippen MR) is 176 cm³/mol. The molecule has 0 radical (unpaired) electrons. The first-order chi connectivity index (χ1) is 20.4. The minimum Gasteiger partial charge on any atom is -0.508 e. The summed E-state index contributed by atoms with van der Waals surface area (Å²) in [5, 5.41) is 30.6. The van der Waals surface area contributed by atoms with Crippen molar-refractivity contribution >= 4 is 11.9 Å². The molecule has 6 nitrogen and oxygen atoms in total. The molecular formula is C39H54O6. The highest BCUT2D eigenvalue weighted by Gasteiger charge is 2.63. The van der Waals surface area contributed by atoms with E-state index in [1.54, 1.807) is 6.07 Å². The number of esters is 1. The van der Waals surface area contributed by atoms with Gasteiger partial charge in [0.2, 0.25) is 0 Å². The average molecular weight is 619 g/mol. The lowest BCUT2D eigenvalue weighted by molar-refractivity contribution is -0.171. The quantitative estimate of drug-likeness (QED) is 0.297. The SMILES string of the molecule is C.C.COC(=O)C12CC3CC(C1)CC(c1cc(C)ccc1O)(C3)C2.Cc1ccc(O)c(C23CC4CC(CC(C(=O)O)(C4)C2)C3)c1. The molecule has 45 heavy (non-hydrogen) atoms. The first kappa shape index (κ1) is 33.3. The number of ether oxygens (including phenoxy) is 1. The maximum Gasteiger partial charge on any atom is 0.311 e. The number of aromatic hydroxyl groups is 2. The molecule has 6 heteroatoms. The molecule has 3 N–H and O–H groups in total. The molecule has 8 bridgehead atoms. The number of benzene rings is 2. The summed E-state index contributed by atoms with van der Waals surface area (Å²) in [6.07, 6.45) is 11.9. The monoisotopic (exact) mass is 618 g/mol. The highest BCUT2D eigenvalue weighted by molar-refractivity contribution is 5.78. The topological polar surface area (TPSA) is 104 Å². The Labute approximate surface area is 269 Å². The number of hydrogen-bond acceptors (Lipinski definition) is 5. The van der Waals surface area contributed by atoms with Crippen LogP contribution in [-0.4, -0.2) is 34.4 Å². The van der Waals surface area contributed by atoms with E-state index in [1.807, 2.05) is 25.1 Å². The minimum atomic E-state index is -0.617. The van der Waals surface area contributed by atoms with Crippen LogP contribution in [0.1, 0.15) is 114 Å². The van der Waals surface area contributed by atoms with Crippen molar-refractivity contribution in [2.45, 2.75) is 117 Å². The third-order valence-corrected chi connectivity index (χ3v) is 12.6. The zero-order valence-corrected chi connectivity index (χ0v) is 25.8. The van der Waals surface area contributed by atoms with Crippen LogP contribution in [0, 0.1) is 48.3 Å². The molecule has 8 fully saturated rings. The second kappa shape index (κ2) is 11.3. The van der Waals surface area contributed by atoms with E-state index in [-0.39, 0.29) is 37.1 Å². The number of aryl methyl sites for hydroxylation is 2. The van der Waals surface area contributed by atoms with Crippen molar-refractivity contribution < 1.29 is 29.6 Å². The lowest BCUT2D eigenvalue weighted by Gasteiger charge is -2.61. The van der Waals surface area contributed by atoms with Gasteiger partial charge in [0.25, 0.3) is 0 Å². The summed E-state index contributed by atoms with van der Waals surface area (Å²) in [5.41, 5.74) is 3.39. The first-order valence-corrected chi connectivity index (χ1v) is 16.3. The van der Waals surface area contributed by atoms with Gasteiger partial charge in [-0.1, -0.05) is 50.2 Å². The Bertz CT molecular complexity index is 1450. The number of aliphatic carboxylic acids is 1. The molecular weight excluding hydrogens is 564 g/mol. The summed E-state index contributed by atoms with van der Waals surface area (Å²) in [6.45, 7) is 4.11. The van der Waals surface area contributed by atoms with Gasteiger partial charge in [-0.3, -0.25) is 9.59 Å². The smallest absolute Gasteiger partial charge is 0.311 e. The van der Waals surface area contributed by atoms with Crippen LogP contribution in [0.25, 0.3) is 0 Å². The van der Waals surface area contributed by atoms with Crippen LogP contribution in [-0.2, 0) is 25.2 Å². The molecule has 0 aliphatic heterocycles. The summed E-state index contributed by atoms with van der Waals surface area (Å²) >= 11 is 0. The Balaban J connectivity index is 0.000000170. The molecule has 0 spiro atoms. The maximum absolute atomic E-state index is 12.5. The summed E-state index contributed by atoms with van der Waals surface area (Å²) in [5.74, 6) is 2.33. The van der Waals surface area contributed by atoms with Gasteiger partial charge in [0, 0.05) is 22.0 Å². The Morgan fingerprint density at radius 1 is 0.667 bits per heavy atom. The number of carbonyl (C=O) groups is 2. The van der Waals surface area contributed by atoms with Crippen LogP contribution in [0.15, 0.2) is 36.4 Å². The summed E-state index contributed by atoms with van der Waals surface area (Å²) in [6, 6.07) is 11.7. The standard InChI is InChI=1S/C19H24O3.C18H22O3.2CH4/c1-12-3-4-16(20)15(5-12)18-7-13-6-14(8-18)10-19(9-13,11-18)17(21)22-2;1-11-2-3-15(19)14(4-11)17-6-12-5-13(7-17)9-18(8-12,10-17)16(20)21;;/h3-5,13-14,20H,6-11H2,1-2H3;2-4,12-13,19H,5-10H2,1H3,(H,20,21);2*1H4. The number of phenols is 2. The van der Waals surface area contributed by atoms with Gasteiger partial charge in [-0.25, -0.2) is 0 Å². The highest BCUT2D eigenvalue weighted by Crippen LogP contribution is 2.68. The van der Waals surface area contributed by atoms with Crippen LogP contribution in [0.3, 0.4) is 0 Å². The number of phenolic OH excluding ortho intramolecular Hbond substituents is 2. The molecule has 0 amide bonds. The molecule has 8 saturated carbocycles. The Morgan fingerprint density at radius 2 is 1.04 bits per heavy atom. The fourth-order valence-electron chi connectivity index (χ4n) is 12.0. The molecule has 246 valence electrons. The van der Waals surface area contributed by atoms with Gasteiger partial charge in [0.05, 0.1) is 17.9 Å². The highest BCUT2D eigenvalue weighted by atomic mass is 16.5. The molecule has 10 rings (SSSR count). The van der Waals surface area contributed by atoms with E-state index in [9.17, 15) is 24.9 Å². The fraction of sp³-hybridized carbons (Fsp3) is 0.641. The van der Waals surface area contributed by atoms with Crippen molar-refractivity contribution in [2.75, 3.05) is 7.11 Å². The molecule has 8 aliphatic carbocycles. The molecule has 4 atom stereocenters. The number of carboxylic acids is 1. The van der Waals surface area contributed by atoms with Gasteiger partial charge in [0.15, 0.2) is 0 Å². The molecule has 0 aromatic heterocycles. The van der Waals surface area contributed by atoms with E-state index in [0.29, 0.717) is 41.6 Å². The first-order valence-electron chi connectivity index (χ1n) is 16.3. The van der Waals surface area contributed by atoms with E-state index in [0.717, 1.165) is 74.5 Å².